The first-order valence-electron chi connectivity index (χ1n) is 8.06. The molecular weight excluding hydrogens is 468 g/mol. The summed E-state index contributed by atoms with van der Waals surface area (Å²) in [7, 11) is -2.03. The van der Waals surface area contributed by atoms with Gasteiger partial charge in [-0.3, -0.25) is 4.99 Å². The Balaban J connectivity index is 0.00000243. The first-order chi connectivity index (χ1) is 12.0. The van der Waals surface area contributed by atoms with Crippen molar-refractivity contribution in [2.24, 2.45) is 4.99 Å². The lowest BCUT2D eigenvalue weighted by Gasteiger charge is -2.22. The number of hydrogen-bond acceptors (Lipinski definition) is 3. The molecule has 0 saturated heterocycles. The molecule has 0 fully saturated rings. The van der Waals surface area contributed by atoms with Crippen molar-refractivity contribution in [2.45, 2.75) is 11.3 Å². The summed E-state index contributed by atoms with van der Waals surface area (Å²) < 4.78 is 38.3. The molecule has 1 aliphatic heterocycles. The van der Waals surface area contributed by atoms with Gasteiger partial charge < -0.3 is 10.2 Å². The zero-order valence-corrected chi connectivity index (χ0v) is 17.5. The van der Waals surface area contributed by atoms with E-state index in [9.17, 15) is 12.8 Å². The summed E-state index contributed by atoms with van der Waals surface area (Å²) in [6.07, 6.45) is 0.921. The number of fused-ring (bicyclic) bond motifs is 1. The zero-order chi connectivity index (χ0) is 17.9. The molecule has 0 unspecified atom stereocenters. The Labute approximate surface area is 170 Å². The van der Waals surface area contributed by atoms with Crippen LogP contribution in [0.5, 0.6) is 0 Å². The number of halogens is 2. The Kier molecular flexibility index (Phi) is 6.99. The van der Waals surface area contributed by atoms with Gasteiger partial charge in [-0.1, -0.05) is 30.3 Å². The maximum atomic E-state index is 13.7. The van der Waals surface area contributed by atoms with E-state index in [1.807, 2.05) is 23.1 Å². The molecule has 1 N–H and O–H groups in total. The molecule has 0 bridgehead atoms. The van der Waals surface area contributed by atoms with Gasteiger partial charge >= 0.3 is 0 Å². The molecule has 0 aromatic heterocycles. The van der Waals surface area contributed by atoms with E-state index < -0.39 is 15.7 Å². The lowest BCUT2D eigenvalue weighted by Crippen LogP contribution is -2.42. The molecule has 0 spiro atoms. The van der Waals surface area contributed by atoms with Gasteiger partial charge in [0.05, 0.1) is 5.75 Å². The fraction of sp³-hybridized carbons (Fsp3) is 0.278. The van der Waals surface area contributed by atoms with Crippen LogP contribution in [-0.2, 0) is 16.3 Å². The van der Waals surface area contributed by atoms with Crippen molar-refractivity contribution in [3.05, 3.63) is 59.9 Å². The van der Waals surface area contributed by atoms with E-state index in [1.54, 1.807) is 7.05 Å². The van der Waals surface area contributed by atoms with E-state index >= 15 is 0 Å². The normalized spacial score (nSPS) is 13.9. The number of sulfone groups is 1. The number of rotatable bonds is 4. The van der Waals surface area contributed by atoms with E-state index in [2.05, 4.69) is 16.4 Å². The Morgan fingerprint density at radius 2 is 1.88 bits per heavy atom. The van der Waals surface area contributed by atoms with Crippen molar-refractivity contribution in [3.63, 3.8) is 0 Å². The van der Waals surface area contributed by atoms with E-state index in [1.165, 1.54) is 23.8 Å². The fourth-order valence-corrected chi connectivity index (χ4v) is 4.20. The van der Waals surface area contributed by atoms with Crippen LogP contribution in [0.1, 0.15) is 5.56 Å². The van der Waals surface area contributed by atoms with Crippen molar-refractivity contribution in [3.8, 4) is 0 Å². The number of guanidine groups is 1. The van der Waals surface area contributed by atoms with Crippen LogP contribution in [0.25, 0.3) is 0 Å². The smallest absolute Gasteiger partial charge is 0.198 e. The second-order valence-corrected chi connectivity index (χ2v) is 7.83. The quantitative estimate of drug-likeness (QED) is 0.408. The summed E-state index contributed by atoms with van der Waals surface area (Å²) in [4.78, 5) is 6.01. The molecule has 26 heavy (non-hydrogen) atoms. The second-order valence-electron chi connectivity index (χ2n) is 5.75. The molecule has 2 aromatic rings. The molecule has 1 heterocycles. The molecule has 1 aliphatic rings. The number of nitrogens with zero attached hydrogens (tertiary/aromatic N) is 2. The third-order valence-corrected chi connectivity index (χ3v) is 5.92. The summed E-state index contributed by atoms with van der Waals surface area (Å²) in [5.41, 5.74) is 2.32. The van der Waals surface area contributed by atoms with Gasteiger partial charge in [-0.25, -0.2) is 12.8 Å². The van der Waals surface area contributed by atoms with Crippen LogP contribution >= 0.6 is 24.0 Å². The van der Waals surface area contributed by atoms with Crippen LogP contribution in [0.3, 0.4) is 0 Å². The number of aliphatic imine (C=N–C) groups is 1. The van der Waals surface area contributed by atoms with Gasteiger partial charge in [0.1, 0.15) is 10.7 Å². The number of para-hydroxylation sites is 1. The Bertz CT molecular complexity index is 903. The van der Waals surface area contributed by atoms with E-state index in [0.29, 0.717) is 5.96 Å². The van der Waals surface area contributed by atoms with Gasteiger partial charge in [0.2, 0.25) is 0 Å². The van der Waals surface area contributed by atoms with Gasteiger partial charge in [-0.2, -0.15) is 0 Å². The lowest BCUT2D eigenvalue weighted by molar-refractivity contribution is 0.566. The van der Waals surface area contributed by atoms with Crippen LogP contribution in [-0.4, -0.2) is 40.3 Å². The molecule has 0 aliphatic carbocycles. The summed E-state index contributed by atoms with van der Waals surface area (Å²) in [5.74, 6) is -0.309. The van der Waals surface area contributed by atoms with Crippen molar-refractivity contribution in [1.82, 2.24) is 5.32 Å². The van der Waals surface area contributed by atoms with Gasteiger partial charge in [-0.05, 0) is 30.2 Å². The molecule has 8 heteroatoms. The number of anilines is 1. The Hall–Kier alpha value is -1.68. The average Bonchev–Trinajstić information content (AvgIpc) is 3.03. The van der Waals surface area contributed by atoms with Crippen molar-refractivity contribution in [2.75, 3.05) is 30.8 Å². The predicted molar refractivity (Wildman–Crippen MR) is 113 cm³/mol. The Morgan fingerprint density at radius 3 is 2.62 bits per heavy atom. The minimum atomic E-state index is -3.69. The van der Waals surface area contributed by atoms with Crippen LogP contribution < -0.4 is 10.2 Å². The topological polar surface area (TPSA) is 61.8 Å². The van der Waals surface area contributed by atoms with Crippen molar-refractivity contribution < 1.29 is 12.8 Å². The molecule has 5 nitrogen and oxygen atoms in total. The van der Waals surface area contributed by atoms with Crippen molar-refractivity contribution >= 4 is 45.5 Å². The molecule has 3 rings (SSSR count). The van der Waals surface area contributed by atoms with Crippen LogP contribution in [0.4, 0.5) is 10.1 Å². The van der Waals surface area contributed by atoms with E-state index in [-0.39, 0.29) is 41.2 Å². The SMILES string of the molecule is CN=C(NCCS(=O)(=O)c1ccccc1F)N1CCc2ccccc21.I. The first-order valence-corrected chi connectivity index (χ1v) is 9.71. The summed E-state index contributed by atoms with van der Waals surface area (Å²) in [6.45, 7) is 0.946. The highest BCUT2D eigenvalue weighted by Gasteiger charge is 2.23. The molecular formula is C18H21FIN3O2S. The maximum Gasteiger partial charge on any atom is 0.198 e. The number of hydrogen-bond donors (Lipinski definition) is 1. The van der Waals surface area contributed by atoms with Crippen molar-refractivity contribution in [1.29, 1.82) is 0 Å². The Morgan fingerprint density at radius 1 is 1.19 bits per heavy atom. The minimum Gasteiger partial charge on any atom is -0.355 e. The largest absolute Gasteiger partial charge is 0.355 e. The number of nitrogens with one attached hydrogen (secondary N) is 1. The summed E-state index contributed by atoms with van der Waals surface area (Å²) in [6, 6.07) is 13.5. The van der Waals surface area contributed by atoms with Crippen LogP contribution in [0, 0.1) is 5.82 Å². The van der Waals surface area contributed by atoms with Crippen LogP contribution in [0.2, 0.25) is 0 Å². The lowest BCUT2D eigenvalue weighted by atomic mass is 10.2. The molecule has 0 saturated carbocycles. The molecule has 2 aromatic carbocycles. The molecule has 0 amide bonds. The highest BCUT2D eigenvalue weighted by molar-refractivity contribution is 14.0. The monoisotopic (exact) mass is 489 g/mol. The highest BCUT2D eigenvalue weighted by atomic mass is 127. The summed E-state index contributed by atoms with van der Waals surface area (Å²) >= 11 is 0. The number of benzene rings is 2. The highest BCUT2D eigenvalue weighted by Crippen LogP contribution is 2.27. The third kappa shape index (κ3) is 4.35. The summed E-state index contributed by atoms with van der Waals surface area (Å²) in [5, 5.41) is 3.07. The maximum absolute atomic E-state index is 13.7. The van der Waals surface area contributed by atoms with E-state index in [4.69, 9.17) is 0 Å². The van der Waals surface area contributed by atoms with Gasteiger partial charge in [0.25, 0.3) is 0 Å². The second kappa shape index (κ2) is 8.81. The van der Waals surface area contributed by atoms with E-state index in [0.717, 1.165) is 24.7 Å². The van der Waals surface area contributed by atoms with Gasteiger partial charge in [0, 0.05) is 25.8 Å². The first kappa shape index (κ1) is 20.6. The van der Waals surface area contributed by atoms with Gasteiger partial charge in [0.15, 0.2) is 15.8 Å². The third-order valence-electron chi connectivity index (χ3n) is 4.18. The average molecular weight is 489 g/mol. The standard InChI is InChI=1S/C18H20FN3O2S.HI/c1-20-18(22-12-10-14-6-2-4-8-16(14)22)21-11-13-25(23,24)17-9-5-3-7-15(17)19;/h2-9H,10-13H2,1H3,(H,20,21);1H. The molecule has 140 valence electrons. The zero-order valence-electron chi connectivity index (χ0n) is 14.4. The molecule has 0 atom stereocenters. The predicted octanol–water partition coefficient (Wildman–Crippen LogP) is 2.86. The van der Waals surface area contributed by atoms with Gasteiger partial charge in [-0.15, -0.1) is 24.0 Å². The fourth-order valence-electron chi connectivity index (χ4n) is 2.96. The van der Waals surface area contributed by atoms with Crippen LogP contribution in [0.15, 0.2) is 58.4 Å². The minimum absolute atomic E-state index is 0. The molecule has 0 radical (unpaired) electrons.